The third kappa shape index (κ3) is 4.14. The standard InChI is InChI=1S/C11H16BrNO2S/c1-11(2,3)9(13-10(14)15)5-8-4-7(12)6-16-8/h4,6,9,13H,5H2,1-3H3,(H,14,15). The Morgan fingerprint density at radius 1 is 1.62 bits per heavy atom. The highest BCUT2D eigenvalue weighted by molar-refractivity contribution is 9.10. The number of hydrogen-bond acceptors (Lipinski definition) is 2. The van der Waals surface area contributed by atoms with Crippen LogP contribution in [0.1, 0.15) is 25.6 Å². The molecule has 0 spiro atoms. The minimum Gasteiger partial charge on any atom is -0.465 e. The minimum atomic E-state index is -0.962. The molecule has 0 aromatic carbocycles. The number of hydrogen-bond donors (Lipinski definition) is 2. The van der Waals surface area contributed by atoms with E-state index in [1.807, 2.05) is 32.2 Å². The minimum absolute atomic E-state index is 0.0736. The van der Waals surface area contributed by atoms with Gasteiger partial charge in [0.1, 0.15) is 0 Å². The molecule has 16 heavy (non-hydrogen) atoms. The number of nitrogens with one attached hydrogen (secondary N) is 1. The summed E-state index contributed by atoms with van der Waals surface area (Å²) < 4.78 is 1.05. The van der Waals surface area contributed by atoms with E-state index in [9.17, 15) is 4.79 Å². The van der Waals surface area contributed by atoms with Crippen LogP contribution in [0.2, 0.25) is 0 Å². The average Bonchev–Trinajstić information content (AvgIpc) is 2.47. The smallest absolute Gasteiger partial charge is 0.404 e. The average molecular weight is 306 g/mol. The van der Waals surface area contributed by atoms with Crippen LogP contribution in [0.25, 0.3) is 0 Å². The molecule has 0 saturated carbocycles. The summed E-state index contributed by atoms with van der Waals surface area (Å²) in [5.41, 5.74) is -0.0884. The van der Waals surface area contributed by atoms with Crippen molar-refractivity contribution >= 4 is 33.4 Å². The van der Waals surface area contributed by atoms with Gasteiger partial charge in [0.15, 0.2) is 0 Å². The van der Waals surface area contributed by atoms with Crippen LogP contribution in [0, 0.1) is 5.41 Å². The van der Waals surface area contributed by atoms with Gasteiger partial charge < -0.3 is 10.4 Å². The van der Waals surface area contributed by atoms with Crippen molar-refractivity contribution in [3.63, 3.8) is 0 Å². The molecule has 1 aromatic rings. The maximum Gasteiger partial charge on any atom is 0.404 e. The fraction of sp³-hybridized carbons (Fsp3) is 0.545. The fourth-order valence-electron chi connectivity index (χ4n) is 1.38. The van der Waals surface area contributed by atoms with Gasteiger partial charge in [-0.15, -0.1) is 11.3 Å². The predicted octanol–water partition coefficient (Wildman–Crippen LogP) is 3.74. The lowest BCUT2D eigenvalue weighted by atomic mass is 9.84. The van der Waals surface area contributed by atoms with E-state index in [-0.39, 0.29) is 11.5 Å². The van der Waals surface area contributed by atoms with Gasteiger partial charge in [0, 0.05) is 27.2 Å². The van der Waals surface area contributed by atoms with Gasteiger partial charge in [0.25, 0.3) is 0 Å². The molecular weight excluding hydrogens is 290 g/mol. The molecule has 1 unspecified atom stereocenters. The second-order valence-electron chi connectivity index (χ2n) is 4.80. The van der Waals surface area contributed by atoms with E-state index in [0.717, 1.165) is 10.9 Å². The van der Waals surface area contributed by atoms with Crippen LogP contribution < -0.4 is 5.32 Å². The molecule has 1 atom stereocenters. The Labute approximate surface area is 108 Å². The van der Waals surface area contributed by atoms with Gasteiger partial charge in [-0.3, -0.25) is 0 Å². The predicted molar refractivity (Wildman–Crippen MR) is 70.1 cm³/mol. The van der Waals surface area contributed by atoms with Gasteiger partial charge in [-0.05, 0) is 27.4 Å². The highest BCUT2D eigenvalue weighted by Gasteiger charge is 2.26. The molecule has 3 nitrogen and oxygen atoms in total. The third-order valence-electron chi connectivity index (χ3n) is 2.37. The summed E-state index contributed by atoms with van der Waals surface area (Å²) in [7, 11) is 0. The molecule has 0 saturated heterocycles. The van der Waals surface area contributed by atoms with E-state index in [1.165, 1.54) is 4.88 Å². The summed E-state index contributed by atoms with van der Waals surface area (Å²) in [6.07, 6.45) is -0.234. The Morgan fingerprint density at radius 3 is 2.62 bits per heavy atom. The van der Waals surface area contributed by atoms with Crippen LogP contribution >= 0.6 is 27.3 Å². The van der Waals surface area contributed by atoms with Crippen LogP contribution in [-0.4, -0.2) is 17.2 Å². The summed E-state index contributed by atoms with van der Waals surface area (Å²) in [6, 6.07) is 1.96. The number of rotatable bonds is 3. The number of thiophene rings is 1. The van der Waals surface area contributed by atoms with E-state index in [1.54, 1.807) is 11.3 Å². The van der Waals surface area contributed by atoms with Crippen molar-refractivity contribution in [1.29, 1.82) is 0 Å². The fourth-order valence-corrected chi connectivity index (χ4v) is 2.88. The SMILES string of the molecule is CC(C)(C)C(Cc1cc(Br)cs1)NC(=O)O. The maximum absolute atomic E-state index is 10.7. The summed E-state index contributed by atoms with van der Waals surface area (Å²) in [4.78, 5) is 11.9. The highest BCUT2D eigenvalue weighted by Crippen LogP contribution is 2.27. The number of halogens is 1. The Morgan fingerprint density at radius 2 is 2.25 bits per heavy atom. The Balaban J connectivity index is 2.74. The second kappa shape index (κ2) is 5.19. The molecule has 2 N–H and O–H groups in total. The Bertz CT molecular complexity index is 370. The molecule has 1 heterocycles. The van der Waals surface area contributed by atoms with E-state index < -0.39 is 6.09 Å². The molecular formula is C11H16BrNO2S. The van der Waals surface area contributed by atoms with Gasteiger partial charge in [-0.2, -0.15) is 0 Å². The summed E-state index contributed by atoms with van der Waals surface area (Å²) in [6.45, 7) is 6.11. The van der Waals surface area contributed by atoms with Gasteiger partial charge in [-0.25, -0.2) is 4.79 Å². The first-order valence-electron chi connectivity index (χ1n) is 5.01. The van der Waals surface area contributed by atoms with Gasteiger partial charge in [0.2, 0.25) is 0 Å². The lowest BCUT2D eigenvalue weighted by molar-refractivity contribution is 0.174. The quantitative estimate of drug-likeness (QED) is 0.894. The zero-order valence-corrected chi connectivity index (χ0v) is 12.0. The van der Waals surface area contributed by atoms with Crippen molar-refractivity contribution < 1.29 is 9.90 Å². The van der Waals surface area contributed by atoms with Crippen molar-refractivity contribution in [2.45, 2.75) is 33.2 Å². The van der Waals surface area contributed by atoms with E-state index in [4.69, 9.17) is 5.11 Å². The third-order valence-corrected chi connectivity index (χ3v) is 4.09. The highest BCUT2D eigenvalue weighted by atomic mass is 79.9. The van der Waals surface area contributed by atoms with Crippen LogP contribution in [-0.2, 0) is 6.42 Å². The molecule has 90 valence electrons. The van der Waals surface area contributed by atoms with Gasteiger partial charge in [-0.1, -0.05) is 20.8 Å². The lowest BCUT2D eigenvalue weighted by Crippen LogP contribution is -2.44. The molecule has 0 fully saturated rings. The number of amides is 1. The van der Waals surface area contributed by atoms with Crippen LogP contribution in [0.4, 0.5) is 4.79 Å². The molecule has 0 aliphatic heterocycles. The monoisotopic (exact) mass is 305 g/mol. The van der Waals surface area contributed by atoms with Crippen molar-refractivity contribution in [2.75, 3.05) is 0 Å². The van der Waals surface area contributed by atoms with Gasteiger partial charge in [0.05, 0.1) is 0 Å². The largest absolute Gasteiger partial charge is 0.465 e. The first-order valence-corrected chi connectivity index (χ1v) is 6.68. The van der Waals surface area contributed by atoms with Crippen LogP contribution in [0.5, 0.6) is 0 Å². The zero-order valence-electron chi connectivity index (χ0n) is 9.58. The summed E-state index contributed by atoms with van der Waals surface area (Å²) >= 11 is 5.04. The van der Waals surface area contributed by atoms with E-state index >= 15 is 0 Å². The Hall–Kier alpha value is -0.550. The summed E-state index contributed by atoms with van der Waals surface area (Å²) in [5.74, 6) is 0. The molecule has 0 radical (unpaired) electrons. The first-order chi connectivity index (χ1) is 7.29. The molecule has 0 bridgehead atoms. The molecule has 1 rings (SSSR count). The number of carbonyl (C=O) groups is 1. The van der Waals surface area contributed by atoms with Crippen molar-refractivity contribution in [1.82, 2.24) is 5.32 Å². The topological polar surface area (TPSA) is 49.3 Å². The molecule has 0 aliphatic rings. The Kier molecular flexibility index (Phi) is 4.38. The van der Waals surface area contributed by atoms with E-state index in [0.29, 0.717) is 0 Å². The molecule has 0 aliphatic carbocycles. The summed E-state index contributed by atoms with van der Waals surface area (Å²) in [5, 5.41) is 13.4. The van der Waals surface area contributed by atoms with Crippen molar-refractivity contribution in [3.05, 3.63) is 20.8 Å². The van der Waals surface area contributed by atoms with E-state index in [2.05, 4.69) is 21.2 Å². The van der Waals surface area contributed by atoms with Crippen molar-refractivity contribution in [3.8, 4) is 0 Å². The van der Waals surface area contributed by atoms with Crippen LogP contribution in [0.3, 0.4) is 0 Å². The maximum atomic E-state index is 10.7. The molecule has 5 heteroatoms. The normalized spacial score (nSPS) is 13.5. The number of carboxylic acid groups (broad SMARTS) is 1. The van der Waals surface area contributed by atoms with Crippen molar-refractivity contribution in [2.24, 2.45) is 5.41 Å². The molecule has 1 aromatic heterocycles. The second-order valence-corrected chi connectivity index (χ2v) is 6.71. The van der Waals surface area contributed by atoms with Crippen LogP contribution in [0.15, 0.2) is 15.9 Å². The zero-order chi connectivity index (χ0) is 12.3. The van der Waals surface area contributed by atoms with Gasteiger partial charge >= 0.3 is 6.09 Å². The lowest BCUT2D eigenvalue weighted by Gasteiger charge is -2.30. The first kappa shape index (κ1) is 13.5. The molecule has 1 amide bonds.